The average molecular weight is 351 g/mol. The quantitative estimate of drug-likeness (QED) is 0.670. The number of hydrogen-bond acceptors (Lipinski definition) is 3. The number of ether oxygens (including phenoxy) is 2. The fourth-order valence-corrected chi connectivity index (χ4v) is 2.68. The standard InChI is InChI=1S/C22H22FNO2/c1-16-6-5-9-19(22(16)23)18-10-11-20(25-13-12-24)21(14-18)26-15-17-7-3-2-4-8-17/h2-11,14H,12-13,15,24H2,1H3. The second kappa shape index (κ2) is 8.50. The summed E-state index contributed by atoms with van der Waals surface area (Å²) in [5.74, 6) is 0.945. The van der Waals surface area contributed by atoms with Crippen LogP contribution in [-0.2, 0) is 6.61 Å². The Labute approximate surface area is 153 Å². The average Bonchev–Trinajstić information content (AvgIpc) is 2.68. The molecule has 3 rings (SSSR count). The second-order valence-electron chi connectivity index (χ2n) is 6.01. The van der Waals surface area contributed by atoms with E-state index in [4.69, 9.17) is 15.2 Å². The predicted molar refractivity (Wildman–Crippen MR) is 102 cm³/mol. The largest absolute Gasteiger partial charge is 0.488 e. The molecule has 0 aromatic heterocycles. The molecule has 0 heterocycles. The number of nitrogens with two attached hydrogens (primary N) is 1. The van der Waals surface area contributed by atoms with Gasteiger partial charge in [-0.1, -0.05) is 54.6 Å². The minimum Gasteiger partial charge on any atom is -0.488 e. The van der Waals surface area contributed by atoms with Crippen molar-refractivity contribution in [2.75, 3.05) is 13.2 Å². The molecule has 134 valence electrons. The highest BCUT2D eigenvalue weighted by molar-refractivity contribution is 5.68. The van der Waals surface area contributed by atoms with Gasteiger partial charge in [-0.05, 0) is 35.7 Å². The first-order valence-corrected chi connectivity index (χ1v) is 8.58. The van der Waals surface area contributed by atoms with Crippen molar-refractivity contribution in [1.82, 2.24) is 0 Å². The summed E-state index contributed by atoms with van der Waals surface area (Å²) in [6, 6.07) is 20.7. The Bertz CT molecular complexity index is 865. The van der Waals surface area contributed by atoms with Crippen molar-refractivity contribution < 1.29 is 13.9 Å². The Balaban J connectivity index is 1.91. The summed E-state index contributed by atoms with van der Waals surface area (Å²) in [6.07, 6.45) is 0. The summed E-state index contributed by atoms with van der Waals surface area (Å²) in [4.78, 5) is 0. The third kappa shape index (κ3) is 4.21. The molecule has 0 aliphatic carbocycles. The van der Waals surface area contributed by atoms with Crippen LogP contribution in [0.3, 0.4) is 0 Å². The first kappa shape index (κ1) is 18.0. The number of aryl methyl sites for hydroxylation is 1. The van der Waals surface area contributed by atoms with Gasteiger partial charge in [-0.25, -0.2) is 4.39 Å². The monoisotopic (exact) mass is 351 g/mol. The summed E-state index contributed by atoms with van der Waals surface area (Å²) >= 11 is 0. The summed E-state index contributed by atoms with van der Waals surface area (Å²) in [5.41, 5.74) is 8.47. The molecule has 0 aliphatic rings. The summed E-state index contributed by atoms with van der Waals surface area (Å²) < 4.78 is 26.1. The summed E-state index contributed by atoms with van der Waals surface area (Å²) in [5, 5.41) is 0. The van der Waals surface area contributed by atoms with Crippen molar-refractivity contribution in [2.24, 2.45) is 5.73 Å². The topological polar surface area (TPSA) is 44.5 Å². The molecule has 0 spiro atoms. The van der Waals surface area contributed by atoms with Gasteiger partial charge in [0.2, 0.25) is 0 Å². The highest BCUT2D eigenvalue weighted by atomic mass is 19.1. The van der Waals surface area contributed by atoms with E-state index in [1.54, 1.807) is 25.1 Å². The lowest BCUT2D eigenvalue weighted by molar-refractivity contribution is 0.266. The van der Waals surface area contributed by atoms with Gasteiger partial charge in [0.25, 0.3) is 0 Å². The zero-order chi connectivity index (χ0) is 18.4. The van der Waals surface area contributed by atoms with E-state index in [9.17, 15) is 4.39 Å². The number of benzene rings is 3. The van der Waals surface area contributed by atoms with Crippen molar-refractivity contribution in [3.8, 4) is 22.6 Å². The maximum atomic E-state index is 14.5. The lowest BCUT2D eigenvalue weighted by Gasteiger charge is -2.15. The molecule has 2 N–H and O–H groups in total. The van der Waals surface area contributed by atoms with Gasteiger partial charge < -0.3 is 15.2 Å². The molecule has 4 heteroatoms. The molecule has 0 unspecified atom stereocenters. The van der Waals surface area contributed by atoms with Crippen LogP contribution in [0.4, 0.5) is 4.39 Å². The molecule has 0 atom stereocenters. The van der Waals surface area contributed by atoms with Gasteiger partial charge in [0.15, 0.2) is 11.5 Å². The van der Waals surface area contributed by atoms with Crippen LogP contribution >= 0.6 is 0 Å². The molecule has 3 aromatic rings. The van der Waals surface area contributed by atoms with Gasteiger partial charge in [-0.2, -0.15) is 0 Å². The highest BCUT2D eigenvalue weighted by Crippen LogP contribution is 2.34. The van der Waals surface area contributed by atoms with E-state index < -0.39 is 0 Å². The highest BCUT2D eigenvalue weighted by Gasteiger charge is 2.12. The van der Waals surface area contributed by atoms with Crippen molar-refractivity contribution in [2.45, 2.75) is 13.5 Å². The van der Waals surface area contributed by atoms with Crippen molar-refractivity contribution in [3.63, 3.8) is 0 Å². The third-order valence-electron chi connectivity index (χ3n) is 4.06. The van der Waals surface area contributed by atoms with E-state index in [1.165, 1.54) is 0 Å². The van der Waals surface area contributed by atoms with Gasteiger partial charge >= 0.3 is 0 Å². The SMILES string of the molecule is Cc1cccc(-c2ccc(OCCN)c(OCc3ccccc3)c2)c1F. The number of rotatable bonds is 7. The van der Waals surface area contributed by atoms with Gasteiger partial charge in [-0.3, -0.25) is 0 Å². The molecule has 0 fully saturated rings. The smallest absolute Gasteiger partial charge is 0.162 e. The third-order valence-corrected chi connectivity index (χ3v) is 4.06. The molecule has 0 aliphatic heterocycles. The fraction of sp³-hybridized carbons (Fsp3) is 0.182. The maximum Gasteiger partial charge on any atom is 0.162 e. The molecular weight excluding hydrogens is 329 g/mol. The summed E-state index contributed by atoms with van der Waals surface area (Å²) in [6.45, 7) is 2.95. The number of halogens is 1. The molecule has 0 saturated heterocycles. The van der Waals surface area contributed by atoms with E-state index in [2.05, 4.69) is 0 Å². The lowest BCUT2D eigenvalue weighted by atomic mass is 10.0. The molecular formula is C22H22FNO2. The van der Waals surface area contributed by atoms with E-state index in [0.29, 0.717) is 42.4 Å². The maximum absolute atomic E-state index is 14.5. The molecule has 0 radical (unpaired) electrons. The molecule has 0 saturated carbocycles. The Morgan fingerprint density at radius 2 is 1.69 bits per heavy atom. The van der Waals surface area contributed by atoms with Crippen LogP contribution in [0.5, 0.6) is 11.5 Å². The van der Waals surface area contributed by atoms with Crippen LogP contribution in [0.2, 0.25) is 0 Å². The van der Waals surface area contributed by atoms with Crippen LogP contribution in [0.1, 0.15) is 11.1 Å². The number of hydrogen-bond donors (Lipinski definition) is 1. The van der Waals surface area contributed by atoms with E-state index in [0.717, 1.165) is 11.1 Å². The Morgan fingerprint density at radius 3 is 2.46 bits per heavy atom. The zero-order valence-electron chi connectivity index (χ0n) is 14.7. The molecule has 3 nitrogen and oxygen atoms in total. The zero-order valence-corrected chi connectivity index (χ0v) is 14.7. The molecule has 0 bridgehead atoms. The van der Waals surface area contributed by atoms with Crippen molar-refractivity contribution in [3.05, 3.63) is 83.7 Å². The van der Waals surface area contributed by atoms with Crippen LogP contribution in [0.25, 0.3) is 11.1 Å². The van der Waals surface area contributed by atoms with E-state index in [1.807, 2.05) is 48.5 Å². The minimum atomic E-state index is -0.225. The van der Waals surface area contributed by atoms with Crippen LogP contribution in [-0.4, -0.2) is 13.2 Å². The van der Waals surface area contributed by atoms with Crippen molar-refractivity contribution in [1.29, 1.82) is 0 Å². The Morgan fingerprint density at radius 1 is 0.885 bits per heavy atom. The van der Waals surface area contributed by atoms with E-state index in [-0.39, 0.29) is 5.82 Å². The lowest BCUT2D eigenvalue weighted by Crippen LogP contribution is -2.11. The predicted octanol–water partition coefficient (Wildman–Crippen LogP) is 4.72. The second-order valence-corrected chi connectivity index (χ2v) is 6.01. The van der Waals surface area contributed by atoms with Gasteiger partial charge in [-0.15, -0.1) is 0 Å². The van der Waals surface area contributed by atoms with Crippen molar-refractivity contribution >= 4 is 0 Å². The fourth-order valence-electron chi connectivity index (χ4n) is 2.68. The van der Waals surface area contributed by atoms with E-state index >= 15 is 0 Å². The Hall–Kier alpha value is -2.85. The van der Waals surface area contributed by atoms with Crippen LogP contribution < -0.4 is 15.2 Å². The first-order valence-electron chi connectivity index (χ1n) is 8.58. The molecule has 26 heavy (non-hydrogen) atoms. The normalized spacial score (nSPS) is 10.6. The van der Waals surface area contributed by atoms with Crippen LogP contribution in [0, 0.1) is 12.7 Å². The van der Waals surface area contributed by atoms with Gasteiger partial charge in [0.05, 0.1) is 0 Å². The molecule has 3 aromatic carbocycles. The molecule has 0 amide bonds. The Kier molecular flexibility index (Phi) is 5.87. The summed E-state index contributed by atoms with van der Waals surface area (Å²) in [7, 11) is 0. The van der Waals surface area contributed by atoms with Gasteiger partial charge in [0.1, 0.15) is 19.0 Å². The van der Waals surface area contributed by atoms with Crippen LogP contribution in [0.15, 0.2) is 66.7 Å². The first-order chi connectivity index (χ1) is 12.7. The minimum absolute atomic E-state index is 0.225. The van der Waals surface area contributed by atoms with Gasteiger partial charge in [0, 0.05) is 12.1 Å².